The fourth-order valence-electron chi connectivity index (χ4n) is 0.957. The van der Waals surface area contributed by atoms with Crippen molar-refractivity contribution in [3.8, 4) is 5.19 Å². The zero-order valence-electron chi connectivity index (χ0n) is 7.77. The van der Waals surface area contributed by atoms with Crippen molar-refractivity contribution in [2.45, 2.75) is 18.9 Å². The highest BCUT2D eigenvalue weighted by Crippen LogP contribution is 2.26. The molecule has 0 spiro atoms. The van der Waals surface area contributed by atoms with E-state index in [0.29, 0.717) is 11.6 Å². The van der Waals surface area contributed by atoms with Crippen LogP contribution < -0.4 is 10.5 Å². The quantitative estimate of drug-likeness (QED) is 0.767. The summed E-state index contributed by atoms with van der Waals surface area (Å²) >= 11 is 1.34. The molecule has 5 nitrogen and oxygen atoms in total. The first-order chi connectivity index (χ1) is 6.63. The molecule has 0 saturated heterocycles. The Balaban J connectivity index is 2.51. The molecule has 78 valence electrons. The molecule has 3 N–H and O–H groups in total. The third-order valence-electron chi connectivity index (χ3n) is 1.71. The summed E-state index contributed by atoms with van der Waals surface area (Å²) in [5, 5.41) is 9.02. The fraction of sp³-hybridized carbons (Fsp3) is 0.500. The number of hydrogen-bond acceptors (Lipinski definition) is 5. The van der Waals surface area contributed by atoms with E-state index in [1.807, 2.05) is 0 Å². The first-order valence-corrected chi connectivity index (χ1v) is 4.92. The molecule has 6 heteroatoms. The maximum Gasteiger partial charge on any atom is 0.303 e. The van der Waals surface area contributed by atoms with Gasteiger partial charge < -0.3 is 15.6 Å². The summed E-state index contributed by atoms with van der Waals surface area (Å²) in [4.78, 5) is 15.1. The minimum atomic E-state index is -0.836. The number of carbonyl (C=O) groups is 1. The molecule has 0 aliphatic carbocycles. The van der Waals surface area contributed by atoms with Gasteiger partial charge in [-0.3, -0.25) is 4.79 Å². The topological polar surface area (TPSA) is 85.4 Å². The molecule has 0 amide bonds. The van der Waals surface area contributed by atoms with Gasteiger partial charge in [-0.1, -0.05) is 11.3 Å². The fourth-order valence-corrected chi connectivity index (χ4v) is 1.72. The third-order valence-corrected chi connectivity index (χ3v) is 2.80. The van der Waals surface area contributed by atoms with Gasteiger partial charge in [-0.25, -0.2) is 4.98 Å². The number of methoxy groups -OCH3 is 1. The molecule has 1 aromatic heterocycles. The van der Waals surface area contributed by atoms with Crippen LogP contribution in [0.15, 0.2) is 6.20 Å². The van der Waals surface area contributed by atoms with Crippen molar-refractivity contribution in [1.82, 2.24) is 4.98 Å². The number of thiazole rings is 1. The number of rotatable bonds is 5. The summed E-state index contributed by atoms with van der Waals surface area (Å²) in [5.41, 5.74) is 5.76. The highest BCUT2D eigenvalue weighted by molar-refractivity contribution is 7.13. The van der Waals surface area contributed by atoms with Gasteiger partial charge >= 0.3 is 5.97 Å². The molecule has 0 bridgehead atoms. The van der Waals surface area contributed by atoms with E-state index >= 15 is 0 Å². The van der Waals surface area contributed by atoms with Gasteiger partial charge in [0, 0.05) is 23.5 Å². The van der Waals surface area contributed by atoms with Gasteiger partial charge in [-0.15, -0.1) is 0 Å². The van der Waals surface area contributed by atoms with E-state index in [1.54, 1.807) is 6.20 Å². The van der Waals surface area contributed by atoms with Crippen molar-refractivity contribution < 1.29 is 14.6 Å². The second-order valence-electron chi connectivity index (χ2n) is 2.77. The smallest absolute Gasteiger partial charge is 0.303 e. The van der Waals surface area contributed by atoms with Crippen molar-refractivity contribution in [3.63, 3.8) is 0 Å². The Morgan fingerprint density at radius 2 is 2.57 bits per heavy atom. The third kappa shape index (κ3) is 2.97. The van der Waals surface area contributed by atoms with E-state index in [1.165, 1.54) is 18.4 Å². The molecule has 0 aliphatic heterocycles. The SMILES string of the molecule is COc1ncc(C(N)CCC(=O)O)s1. The van der Waals surface area contributed by atoms with E-state index < -0.39 is 5.97 Å². The highest BCUT2D eigenvalue weighted by atomic mass is 32.1. The summed E-state index contributed by atoms with van der Waals surface area (Å²) in [6.07, 6.45) is 2.11. The lowest BCUT2D eigenvalue weighted by molar-refractivity contribution is -0.137. The monoisotopic (exact) mass is 216 g/mol. The van der Waals surface area contributed by atoms with Crippen molar-refractivity contribution in [3.05, 3.63) is 11.1 Å². The van der Waals surface area contributed by atoms with Gasteiger partial charge in [0.15, 0.2) is 0 Å². The summed E-state index contributed by atoms with van der Waals surface area (Å²) in [6.45, 7) is 0. The Kier molecular flexibility index (Phi) is 3.84. The maximum atomic E-state index is 10.3. The van der Waals surface area contributed by atoms with E-state index in [2.05, 4.69) is 4.98 Å². The minimum absolute atomic E-state index is 0.0708. The van der Waals surface area contributed by atoms with Crippen molar-refractivity contribution in [2.24, 2.45) is 5.73 Å². The van der Waals surface area contributed by atoms with Gasteiger partial charge in [0.2, 0.25) is 0 Å². The number of hydrogen-bond donors (Lipinski definition) is 2. The van der Waals surface area contributed by atoms with Crippen molar-refractivity contribution in [1.29, 1.82) is 0 Å². The summed E-state index contributed by atoms with van der Waals surface area (Å²) in [7, 11) is 1.53. The van der Waals surface area contributed by atoms with Crippen LogP contribution in [-0.4, -0.2) is 23.2 Å². The zero-order valence-corrected chi connectivity index (χ0v) is 8.58. The predicted molar refractivity (Wildman–Crippen MR) is 52.5 cm³/mol. The van der Waals surface area contributed by atoms with Gasteiger partial charge in [0.25, 0.3) is 5.19 Å². The first kappa shape index (κ1) is 10.9. The number of aliphatic carboxylic acids is 1. The summed E-state index contributed by atoms with van der Waals surface area (Å²) in [5.74, 6) is -0.836. The Morgan fingerprint density at radius 1 is 1.86 bits per heavy atom. The Hall–Kier alpha value is -1.14. The van der Waals surface area contributed by atoms with E-state index in [0.717, 1.165) is 4.88 Å². The van der Waals surface area contributed by atoms with Crippen LogP contribution in [0, 0.1) is 0 Å². The van der Waals surface area contributed by atoms with Gasteiger partial charge in [-0.2, -0.15) is 0 Å². The molecule has 0 saturated carbocycles. The molecular formula is C8H12N2O3S. The Labute approximate surface area is 85.5 Å². The van der Waals surface area contributed by atoms with Crippen LogP contribution in [-0.2, 0) is 4.79 Å². The van der Waals surface area contributed by atoms with Crippen LogP contribution in [0.25, 0.3) is 0 Å². The second-order valence-corrected chi connectivity index (χ2v) is 3.80. The number of carboxylic acid groups (broad SMARTS) is 1. The maximum absolute atomic E-state index is 10.3. The predicted octanol–water partition coefficient (Wildman–Crippen LogP) is 1.02. The van der Waals surface area contributed by atoms with Crippen molar-refractivity contribution in [2.75, 3.05) is 7.11 Å². The zero-order chi connectivity index (χ0) is 10.6. The summed E-state index contributed by atoms with van der Waals surface area (Å²) < 4.78 is 4.91. The number of carboxylic acids is 1. The molecule has 1 unspecified atom stereocenters. The van der Waals surface area contributed by atoms with Crippen LogP contribution in [0.1, 0.15) is 23.8 Å². The average Bonchev–Trinajstić information content (AvgIpc) is 2.62. The lowest BCUT2D eigenvalue weighted by Gasteiger charge is -2.05. The molecule has 0 fully saturated rings. The molecule has 1 atom stereocenters. The molecule has 1 aromatic rings. The van der Waals surface area contributed by atoms with Gasteiger partial charge in [0.1, 0.15) is 0 Å². The molecule has 1 heterocycles. The number of nitrogens with zero attached hydrogens (tertiary/aromatic N) is 1. The standard InChI is InChI=1S/C8H12N2O3S/c1-13-8-10-4-6(14-8)5(9)2-3-7(11)12/h4-5H,2-3,9H2,1H3,(H,11,12). The Morgan fingerprint density at radius 3 is 3.07 bits per heavy atom. The van der Waals surface area contributed by atoms with Crippen LogP contribution in [0.4, 0.5) is 0 Å². The van der Waals surface area contributed by atoms with Crippen LogP contribution in [0.2, 0.25) is 0 Å². The molecule has 0 radical (unpaired) electrons. The largest absolute Gasteiger partial charge is 0.481 e. The van der Waals surface area contributed by atoms with E-state index in [9.17, 15) is 4.79 Å². The van der Waals surface area contributed by atoms with E-state index in [-0.39, 0.29) is 12.5 Å². The van der Waals surface area contributed by atoms with Crippen LogP contribution in [0.5, 0.6) is 5.19 Å². The van der Waals surface area contributed by atoms with Crippen molar-refractivity contribution >= 4 is 17.3 Å². The molecule has 0 aliphatic rings. The molecular weight excluding hydrogens is 204 g/mol. The number of ether oxygens (including phenoxy) is 1. The van der Waals surface area contributed by atoms with Crippen LogP contribution >= 0.6 is 11.3 Å². The van der Waals surface area contributed by atoms with Gasteiger partial charge in [0.05, 0.1) is 7.11 Å². The normalized spacial score (nSPS) is 12.4. The first-order valence-electron chi connectivity index (χ1n) is 4.10. The summed E-state index contributed by atoms with van der Waals surface area (Å²) in [6, 6.07) is -0.271. The highest BCUT2D eigenvalue weighted by Gasteiger charge is 2.12. The minimum Gasteiger partial charge on any atom is -0.481 e. The molecule has 14 heavy (non-hydrogen) atoms. The second kappa shape index (κ2) is 4.92. The lowest BCUT2D eigenvalue weighted by atomic mass is 10.1. The Bertz CT molecular complexity index is 313. The lowest BCUT2D eigenvalue weighted by Crippen LogP contribution is -2.10. The van der Waals surface area contributed by atoms with Gasteiger partial charge in [-0.05, 0) is 6.42 Å². The molecule has 1 rings (SSSR count). The number of nitrogens with two attached hydrogens (primary N) is 1. The average molecular weight is 216 g/mol. The molecule has 0 aromatic carbocycles. The van der Waals surface area contributed by atoms with Crippen LogP contribution in [0.3, 0.4) is 0 Å². The van der Waals surface area contributed by atoms with E-state index in [4.69, 9.17) is 15.6 Å². The number of aromatic nitrogens is 1.